The van der Waals surface area contributed by atoms with Crippen LogP contribution in [0, 0.1) is 5.92 Å². The molecule has 1 aromatic carbocycles. The molecule has 1 saturated heterocycles. The van der Waals surface area contributed by atoms with Crippen LogP contribution in [0.2, 0.25) is 0 Å². The molecule has 3 rings (SSSR count). The normalized spacial score (nSPS) is 22.4. The van der Waals surface area contributed by atoms with E-state index in [1.807, 2.05) is 29.2 Å². The predicted octanol–water partition coefficient (Wildman–Crippen LogP) is 2.69. The van der Waals surface area contributed by atoms with Gasteiger partial charge in [-0.1, -0.05) is 25.1 Å². The maximum atomic E-state index is 12.8. The first kappa shape index (κ1) is 12.9. The first-order chi connectivity index (χ1) is 9.56. The van der Waals surface area contributed by atoms with Gasteiger partial charge >= 0.3 is 0 Å². The van der Waals surface area contributed by atoms with Crippen molar-refractivity contribution in [1.82, 2.24) is 9.88 Å². The molecule has 1 aliphatic rings. The second-order valence-corrected chi connectivity index (χ2v) is 5.76. The Morgan fingerprint density at radius 3 is 2.80 bits per heavy atom. The predicted molar refractivity (Wildman–Crippen MR) is 80.4 cm³/mol. The monoisotopic (exact) mass is 269 g/mol. The van der Waals surface area contributed by atoms with Crippen molar-refractivity contribution < 1.29 is 4.79 Å². The summed E-state index contributed by atoms with van der Waals surface area (Å²) in [6.45, 7) is 5.10. The van der Waals surface area contributed by atoms with Crippen LogP contribution in [-0.4, -0.2) is 28.4 Å². The zero-order valence-electron chi connectivity index (χ0n) is 11.8. The van der Waals surface area contributed by atoms with Crippen molar-refractivity contribution in [2.24, 2.45) is 5.92 Å². The van der Waals surface area contributed by atoms with Crippen LogP contribution in [0.3, 0.4) is 0 Å². The number of rotatable bonds is 1. The van der Waals surface area contributed by atoms with E-state index in [0.29, 0.717) is 17.3 Å². The highest BCUT2D eigenvalue weighted by atomic mass is 16.2. The maximum absolute atomic E-state index is 12.8. The molecule has 2 aromatic rings. The van der Waals surface area contributed by atoms with Crippen molar-refractivity contribution in [3.05, 3.63) is 35.9 Å². The van der Waals surface area contributed by atoms with Crippen molar-refractivity contribution in [2.45, 2.75) is 26.3 Å². The number of anilines is 1. The second-order valence-electron chi connectivity index (χ2n) is 5.76. The van der Waals surface area contributed by atoms with E-state index in [0.717, 1.165) is 23.9 Å². The van der Waals surface area contributed by atoms with Gasteiger partial charge in [-0.15, -0.1) is 0 Å². The Labute approximate surface area is 118 Å². The van der Waals surface area contributed by atoms with E-state index in [1.165, 1.54) is 0 Å². The lowest BCUT2D eigenvalue weighted by Crippen LogP contribution is -2.34. The molecule has 1 aromatic heterocycles. The highest BCUT2D eigenvalue weighted by molar-refractivity contribution is 6.07. The lowest BCUT2D eigenvalue weighted by Gasteiger charge is -2.22. The van der Waals surface area contributed by atoms with Gasteiger partial charge in [0.25, 0.3) is 5.91 Å². The van der Waals surface area contributed by atoms with Crippen LogP contribution in [0.25, 0.3) is 10.9 Å². The van der Waals surface area contributed by atoms with Crippen LogP contribution in [0.5, 0.6) is 0 Å². The SMILES string of the molecule is CC1CC(C)N(C(=O)c2cc(N)nc3ccccc23)C1. The van der Waals surface area contributed by atoms with Crippen LogP contribution < -0.4 is 5.73 Å². The fourth-order valence-electron chi connectivity index (χ4n) is 3.11. The first-order valence-electron chi connectivity index (χ1n) is 7.02. The van der Waals surface area contributed by atoms with Crippen LogP contribution in [0.15, 0.2) is 30.3 Å². The average Bonchev–Trinajstić information content (AvgIpc) is 2.76. The topological polar surface area (TPSA) is 59.2 Å². The molecular formula is C16H19N3O. The molecule has 4 nitrogen and oxygen atoms in total. The van der Waals surface area contributed by atoms with Crippen molar-refractivity contribution in [1.29, 1.82) is 0 Å². The molecule has 0 aliphatic carbocycles. The third-order valence-electron chi connectivity index (χ3n) is 4.01. The number of aromatic nitrogens is 1. The lowest BCUT2D eigenvalue weighted by atomic mass is 10.1. The molecule has 1 aliphatic heterocycles. The number of amides is 1. The van der Waals surface area contributed by atoms with Gasteiger partial charge in [-0.25, -0.2) is 4.98 Å². The van der Waals surface area contributed by atoms with Crippen molar-refractivity contribution >= 4 is 22.6 Å². The Morgan fingerprint density at radius 1 is 1.35 bits per heavy atom. The number of nitrogens with two attached hydrogens (primary N) is 1. The van der Waals surface area contributed by atoms with Gasteiger partial charge in [-0.3, -0.25) is 4.79 Å². The van der Waals surface area contributed by atoms with E-state index >= 15 is 0 Å². The molecule has 0 bridgehead atoms. The summed E-state index contributed by atoms with van der Waals surface area (Å²) >= 11 is 0. The zero-order chi connectivity index (χ0) is 14.3. The summed E-state index contributed by atoms with van der Waals surface area (Å²) < 4.78 is 0. The summed E-state index contributed by atoms with van der Waals surface area (Å²) in [7, 11) is 0. The maximum Gasteiger partial charge on any atom is 0.254 e. The standard InChI is InChI=1S/C16H19N3O/c1-10-7-11(2)19(9-10)16(20)13-8-15(17)18-14-6-4-3-5-12(13)14/h3-6,8,10-11H,7,9H2,1-2H3,(H2,17,18). The number of fused-ring (bicyclic) bond motifs is 1. The van der Waals surface area contributed by atoms with E-state index < -0.39 is 0 Å². The van der Waals surface area contributed by atoms with Crippen molar-refractivity contribution in [3.63, 3.8) is 0 Å². The van der Waals surface area contributed by atoms with Crippen molar-refractivity contribution in [2.75, 3.05) is 12.3 Å². The molecule has 4 heteroatoms. The second kappa shape index (κ2) is 4.78. The molecular weight excluding hydrogens is 250 g/mol. The Kier molecular flexibility index (Phi) is 3.08. The Balaban J connectivity index is 2.07. The number of nitrogen functional groups attached to an aromatic ring is 1. The molecule has 2 heterocycles. The van der Waals surface area contributed by atoms with Crippen LogP contribution in [-0.2, 0) is 0 Å². The Hall–Kier alpha value is -2.10. The summed E-state index contributed by atoms with van der Waals surface area (Å²) in [5, 5.41) is 0.874. The quantitative estimate of drug-likeness (QED) is 0.866. The van der Waals surface area contributed by atoms with Gasteiger partial charge in [0.1, 0.15) is 5.82 Å². The minimum Gasteiger partial charge on any atom is -0.384 e. The van der Waals surface area contributed by atoms with E-state index in [-0.39, 0.29) is 11.9 Å². The third kappa shape index (κ3) is 2.11. The smallest absolute Gasteiger partial charge is 0.254 e. The number of carbonyl (C=O) groups is 1. The highest BCUT2D eigenvalue weighted by Crippen LogP contribution is 2.27. The molecule has 1 amide bonds. The first-order valence-corrected chi connectivity index (χ1v) is 7.02. The molecule has 20 heavy (non-hydrogen) atoms. The number of likely N-dealkylation sites (tertiary alicyclic amines) is 1. The van der Waals surface area contributed by atoms with Gasteiger partial charge in [-0.2, -0.15) is 0 Å². The molecule has 0 radical (unpaired) electrons. The summed E-state index contributed by atoms with van der Waals surface area (Å²) in [4.78, 5) is 19.0. The number of hydrogen-bond acceptors (Lipinski definition) is 3. The zero-order valence-corrected chi connectivity index (χ0v) is 11.8. The van der Waals surface area contributed by atoms with Gasteiger partial charge in [0, 0.05) is 18.0 Å². The Morgan fingerprint density at radius 2 is 2.10 bits per heavy atom. The van der Waals surface area contributed by atoms with E-state index in [2.05, 4.69) is 18.8 Å². The Bertz CT molecular complexity index is 668. The van der Waals surface area contributed by atoms with Crippen LogP contribution in [0.1, 0.15) is 30.6 Å². The van der Waals surface area contributed by atoms with Crippen LogP contribution in [0.4, 0.5) is 5.82 Å². The molecule has 104 valence electrons. The van der Waals surface area contributed by atoms with Crippen LogP contribution >= 0.6 is 0 Å². The minimum atomic E-state index is 0.0622. The largest absolute Gasteiger partial charge is 0.384 e. The third-order valence-corrected chi connectivity index (χ3v) is 4.01. The average molecular weight is 269 g/mol. The van der Waals surface area contributed by atoms with Gasteiger partial charge < -0.3 is 10.6 Å². The number of para-hydroxylation sites is 1. The summed E-state index contributed by atoms with van der Waals surface area (Å²) in [5.41, 5.74) is 7.28. The van der Waals surface area contributed by atoms with Gasteiger partial charge in [0.05, 0.1) is 11.1 Å². The number of pyridine rings is 1. The number of benzene rings is 1. The molecule has 0 saturated carbocycles. The fourth-order valence-corrected chi connectivity index (χ4v) is 3.11. The van der Waals surface area contributed by atoms with Gasteiger partial charge in [0.2, 0.25) is 0 Å². The molecule has 2 atom stereocenters. The van der Waals surface area contributed by atoms with E-state index in [1.54, 1.807) is 6.07 Å². The fraction of sp³-hybridized carbons (Fsp3) is 0.375. The highest BCUT2D eigenvalue weighted by Gasteiger charge is 2.31. The summed E-state index contributed by atoms with van der Waals surface area (Å²) in [6, 6.07) is 9.62. The summed E-state index contributed by atoms with van der Waals surface area (Å²) in [5.74, 6) is 1.01. The van der Waals surface area contributed by atoms with E-state index in [9.17, 15) is 4.79 Å². The van der Waals surface area contributed by atoms with Gasteiger partial charge in [-0.05, 0) is 31.4 Å². The molecule has 1 fully saturated rings. The number of hydrogen-bond donors (Lipinski definition) is 1. The number of nitrogens with zero attached hydrogens (tertiary/aromatic N) is 2. The molecule has 0 spiro atoms. The number of carbonyl (C=O) groups excluding carboxylic acids is 1. The molecule has 2 N–H and O–H groups in total. The summed E-state index contributed by atoms with van der Waals surface area (Å²) in [6.07, 6.45) is 1.06. The van der Waals surface area contributed by atoms with Gasteiger partial charge in [0.15, 0.2) is 0 Å². The lowest BCUT2D eigenvalue weighted by molar-refractivity contribution is 0.0746. The van der Waals surface area contributed by atoms with E-state index in [4.69, 9.17) is 5.73 Å². The van der Waals surface area contributed by atoms with Crippen molar-refractivity contribution in [3.8, 4) is 0 Å². The minimum absolute atomic E-state index is 0.0622. The molecule has 2 unspecified atom stereocenters.